The van der Waals surface area contributed by atoms with Crippen molar-refractivity contribution in [2.45, 2.75) is 0 Å². The quantitative estimate of drug-likeness (QED) is 0.445. The van der Waals surface area contributed by atoms with Gasteiger partial charge in [0.15, 0.2) is 6.61 Å². The lowest BCUT2D eigenvalue weighted by Crippen LogP contribution is -2.13. The van der Waals surface area contributed by atoms with Gasteiger partial charge in [0.2, 0.25) is 5.78 Å². The van der Waals surface area contributed by atoms with Crippen LogP contribution in [0, 0.1) is 0 Å². The molecule has 2 heterocycles. The first-order chi connectivity index (χ1) is 11.7. The minimum atomic E-state index is -0.513. The molecule has 2 N–H and O–H groups in total. The van der Waals surface area contributed by atoms with Crippen LogP contribution in [0.25, 0.3) is 21.8 Å². The van der Waals surface area contributed by atoms with Gasteiger partial charge in [0, 0.05) is 39.8 Å². The minimum Gasteiger partial charge on any atom is -0.454 e. The average molecular weight is 318 g/mol. The van der Waals surface area contributed by atoms with Crippen LogP contribution in [0.4, 0.5) is 0 Å². The third-order valence-corrected chi connectivity index (χ3v) is 4.03. The number of ketones is 1. The number of aromatic amines is 2. The maximum atomic E-state index is 12.4. The molecule has 0 saturated carbocycles. The molecule has 2 aromatic carbocycles. The van der Waals surface area contributed by atoms with Gasteiger partial charge in [-0.3, -0.25) is 4.79 Å². The monoisotopic (exact) mass is 318 g/mol. The molecule has 0 aliphatic carbocycles. The van der Waals surface area contributed by atoms with Crippen LogP contribution in [0.3, 0.4) is 0 Å². The molecule has 5 nitrogen and oxygen atoms in total. The highest BCUT2D eigenvalue weighted by molar-refractivity contribution is 6.10. The summed E-state index contributed by atoms with van der Waals surface area (Å²) < 4.78 is 5.21. The van der Waals surface area contributed by atoms with Gasteiger partial charge < -0.3 is 14.7 Å². The molecule has 0 amide bonds. The van der Waals surface area contributed by atoms with Crippen LogP contribution < -0.4 is 0 Å². The largest absolute Gasteiger partial charge is 0.454 e. The van der Waals surface area contributed by atoms with Gasteiger partial charge in [-0.15, -0.1) is 0 Å². The highest BCUT2D eigenvalue weighted by Crippen LogP contribution is 2.20. The van der Waals surface area contributed by atoms with Crippen molar-refractivity contribution in [3.05, 3.63) is 72.1 Å². The van der Waals surface area contributed by atoms with Crippen LogP contribution in [0.1, 0.15) is 20.7 Å². The van der Waals surface area contributed by atoms with Gasteiger partial charge in [-0.25, -0.2) is 4.79 Å². The highest BCUT2D eigenvalue weighted by atomic mass is 16.5. The molecule has 0 atom stereocenters. The van der Waals surface area contributed by atoms with Crippen molar-refractivity contribution in [1.29, 1.82) is 0 Å². The number of esters is 1. The number of nitrogens with one attached hydrogen (secondary N) is 2. The third kappa shape index (κ3) is 2.36. The van der Waals surface area contributed by atoms with Crippen LogP contribution >= 0.6 is 0 Å². The molecule has 0 saturated heterocycles. The van der Waals surface area contributed by atoms with Crippen molar-refractivity contribution in [1.82, 2.24) is 9.97 Å². The van der Waals surface area contributed by atoms with Gasteiger partial charge >= 0.3 is 5.97 Å². The summed E-state index contributed by atoms with van der Waals surface area (Å²) in [6.45, 7) is -0.291. The van der Waals surface area contributed by atoms with E-state index in [2.05, 4.69) is 9.97 Å². The predicted molar refractivity (Wildman–Crippen MR) is 91.2 cm³/mol. The van der Waals surface area contributed by atoms with E-state index in [1.54, 1.807) is 12.4 Å². The van der Waals surface area contributed by atoms with E-state index in [4.69, 9.17) is 4.74 Å². The number of ether oxygens (including phenoxy) is 1. The molecule has 24 heavy (non-hydrogen) atoms. The normalized spacial score (nSPS) is 11.0. The number of H-pyrrole nitrogens is 2. The van der Waals surface area contributed by atoms with Gasteiger partial charge in [-0.05, 0) is 12.1 Å². The van der Waals surface area contributed by atoms with Crippen molar-refractivity contribution >= 4 is 33.6 Å². The number of Topliss-reactive ketones (excluding diaryl/α,β-unsaturated/α-hetero) is 1. The lowest BCUT2D eigenvalue weighted by Gasteiger charge is -2.03. The third-order valence-electron chi connectivity index (χ3n) is 4.03. The van der Waals surface area contributed by atoms with E-state index < -0.39 is 5.97 Å². The molecule has 4 rings (SSSR count). The predicted octanol–water partition coefficient (Wildman–Crippen LogP) is 3.69. The number of fused-ring (bicyclic) bond motifs is 2. The smallest absolute Gasteiger partial charge is 0.340 e. The molecule has 0 fully saturated rings. The number of para-hydroxylation sites is 2. The summed E-state index contributed by atoms with van der Waals surface area (Å²) in [5.41, 5.74) is 2.69. The first-order valence-corrected chi connectivity index (χ1v) is 7.56. The summed E-state index contributed by atoms with van der Waals surface area (Å²) in [6, 6.07) is 15.0. The van der Waals surface area contributed by atoms with Crippen LogP contribution in [0.5, 0.6) is 0 Å². The molecular formula is C19H14N2O3. The Morgan fingerprint density at radius 3 is 2.00 bits per heavy atom. The lowest BCUT2D eigenvalue weighted by molar-refractivity contribution is 0.0477. The van der Waals surface area contributed by atoms with E-state index >= 15 is 0 Å². The molecule has 2 aromatic heterocycles. The average Bonchev–Trinajstić information content (AvgIpc) is 3.23. The Balaban J connectivity index is 1.52. The van der Waals surface area contributed by atoms with Gasteiger partial charge in [0.05, 0.1) is 5.56 Å². The number of hydrogen-bond acceptors (Lipinski definition) is 3. The maximum absolute atomic E-state index is 12.4. The van der Waals surface area contributed by atoms with Crippen LogP contribution in [-0.2, 0) is 4.74 Å². The summed E-state index contributed by atoms with van der Waals surface area (Å²) >= 11 is 0. The number of benzene rings is 2. The van der Waals surface area contributed by atoms with Crippen molar-refractivity contribution in [3.8, 4) is 0 Å². The Labute approximate surface area is 137 Å². The number of carbonyl (C=O) groups is 2. The number of rotatable bonds is 4. The Bertz CT molecular complexity index is 973. The van der Waals surface area contributed by atoms with E-state index in [1.165, 1.54) is 0 Å². The minimum absolute atomic E-state index is 0.236. The topological polar surface area (TPSA) is 75.0 Å². The van der Waals surface area contributed by atoms with E-state index in [0.29, 0.717) is 11.1 Å². The van der Waals surface area contributed by atoms with E-state index in [0.717, 1.165) is 21.8 Å². The van der Waals surface area contributed by atoms with Crippen molar-refractivity contribution in [2.24, 2.45) is 0 Å². The summed E-state index contributed by atoms with van der Waals surface area (Å²) in [6.07, 6.45) is 3.25. The summed E-state index contributed by atoms with van der Waals surface area (Å²) in [5, 5.41) is 1.60. The standard InChI is InChI=1S/C19H14N2O3/c22-18(14-9-20-16-7-3-1-5-12(14)16)11-24-19(23)15-10-21-17-8-4-2-6-13(15)17/h1-10,20-21H,11H2. The molecule has 0 unspecified atom stereocenters. The molecule has 0 bridgehead atoms. The van der Waals surface area contributed by atoms with E-state index in [-0.39, 0.29) is 12.4 Å². The van der Waals surface area contributed by atoms with Gasteiger partial charge in [-0.1, -0.05) is 36.4 Å². The molecule has 0 radical (unpaired) electrons. The molecule has 0 spiro atoms. The zero-order chi connectivity index (χ0) is 16.5. The van der Waals surface area contributed by atoms with E-state index in [1.807, 2.05) is 48.5 Å². The number of hydrogen-bond donors (Lipinski definition) is 2. The second kappa shape index (κ2) is 5.70. The fourth-order valence-corrected chi connectivity index (χ4v) is 2.83. The second-order valence-electron chi connectivity index (χ2n) is 5.50. The second-order valence-corrected chi connectivity index (χ2v) is 5.50. The van der Waals surface area contributed by atoms with Gasteiger partial charge in [-0.2, -0.15) is 0 Å². The molecule has 4 aromatic rings. The van der Waals surface area contributed by atoms with E-state index in [9.17, 15) is 9.59 Å². The van der Waals surface area contributed by atoms with Gasteiger partial charge in [0.25, 0.3) is 0 Å². The van der Waals surface area contributed by atoms with Crippen LogP contribution in [0.15, 0.2) is 60.9 Å². The summed E-state index contributed by atoms with van der Waals surface area (Å²) in [7, 11) is 0. The summed E-state index contributed by atoms with van der Waals surface area (Å²) in [5.74, 6) is -0.749. The Kier molecular flexibility index (Phi) is 3.39. The maximum Gasteiger partial charge on any atom is 0.340 e. The first-order valence-electron chi connectivity index (χ1n) is 7.56. The molecule has 0 aliphatic heterocycles. The fraction of sp³-hybridized carbons (Fsp3) is 0.0526. The fourth-order valence-electron chi connectivity index (χ4n) is 2.83. The SMILES string of the molecule is O=C(COC(=O)c1c[nH]c2ccccc12)c1c[nH]c2ccccc12. The van der Waals surface area contributed by atoms with Crippen LogP contribution in [0.2, 0.25) is 0 Å². The zero-order valence-corrected chi connectivity index (χ0v) is 12.7. The van der Waals surface area contributed by atoms with Crippen molar-refractivity contribution in [2.75, 3.05) is 6.61 Å². The molecule has 5 heteroatoms. The van der Waals surface area contributed by atoms with Gasteiger partial charge in [0.1, 0.15) is 0 Å². The molecule has 118 valence electrons. The molecule has 0 aliphatic rings. The lowest BCUT2D eigenvalue weighted by atomic mass is 10.1. The zero-order valence-electron chi connectivity index (χ0n) is 12.7. The summed E-state index contributed by atoms with van der Waals surface area (Å²) in [4.78, 5) is 30.7. The van der Waals surface area contributed by atoms with Crippen LogP contribution in [-0.4, -0.2) is 28.3 Å². The Hall–Kier alpha value is -3.34. The van der Waals surface area contributed by atoms with Crippen molar-refractivity contribution < 1.29 is 14.3 Å². The number of carbonyl (C=O) groups excluding carboxylic acids is 2. The first kappa shape index (κ1) is 14.3. The number of aromatic nitrogens is 2. The highest BCUT2D eigenvalue weighted by Gasteiger charge is 2.17. The molecular weight excluding hydrogens is 304 g/mol. The van der Waals surface area contributed by atoms with Crippen molar-refractivity contribution in [3.63, 3.8) is 0 Å². The Morgan fingerprint density at radius 2 is 1.33 bits per heavy atom. The Morgan fingerprint density at radius 1 is 0.792 bits per heavy atom.